The van der Waals surface area contributed by atoms with Crippen molar-refractivity contribution in [3.63, 3.8) is 0 Å². The van der Waals surface area contributed by atoms with Crippen molar-refractivity contribution in [1.82, 2.24) is 14.7 Å². The van der Waals surface area contributed by atoms with Gasteiger partial charge in [0.15, 0.2) is 0 Å². The minimum absolute atomic E-state index is 0.130. The highest BCUT2D eigenvalue weighted by Crippen LogP contribution is 2.17. The van der Waals surface area contributed by atoms with E-state index in [9.17, 15) is 13.5 Å². The summed E-state index contributed by atoms with van der Waals surface area (Å²) >= 11 is 0. The molecule has 0 spiro atoms. The number of nitrogens with zero attached hydrogens (tertiary/aromatic N) is 1. The molecule has 1 aromatic carbocycles. The van der Waals surface area contributed by atoms with E-state index in [1.165, 1.54) is 18.5 Å². The van der Waals surface area contributed by atoms with E-state index in [2.05, 4.69) is 14.7 Å². The molecule has 1 aromatic heterocycles. The van der Waals surface area contributed by atoms with E-state index < -0.39 is 16.1 Å². The van der Waals surface area contributed by atoms with Crippen LogP contribution in [0.3, 0.4) is 0 Å². The Kier molecular flexibility index (Phi) is 3.98. The minimum atomic E-state index is -3.60. The predicted molar refractivity (Wildman–Crippen MR) is 69.7 cm³/mol. The quantitative estimate of drug-likeness (QED) is 0.760. The second kappa shape index (κ2) is 5.52. The van der Waals surface area contributed by atoms with Crippen LogP contribution in [-0.4, -0.2) is 23.5 Å². The summed E-state index contributed by atoms with van der Waals surface area (Å²) in [5.74, 6) is 0. The number of aromatic nitrogens is 2. The molecule has 0 saturated carbocycles. The van der Waals surface area contributed by atoms with Crippen LogP contribution in [0.2, 0.25) is 0 Å². The fourth-order valence-corrected chi connectivity index (χ4v) is 2.64. The maximum absolute atomic E-state index is 12.1. The molecule has 2 aromatic rings. The van der Waals surface area contributed by atoms with Crippen molar-refractivity contribution < 1.29 is 13.5 Å². The van der Waals surface area contributed by atoms with Crippen LogP contribution in [0, 0.1) is 0 Å². The molecule has 0 amide bonds. The number of hydrogen-bond donors (Lipinski definition) is 3. The summed E-state index contributed by atoms with van der Waals surface area (Å²) in [5, 5.41) is 9.47. The first-order valence-electron chi connectivity index (χ1n) is 5.74. The van der Waals surface area contributed by atoms with Crippen molar-refractivity contribution >= 4 is 10.0 Å². The fourth-order valence-electron chi connectivity index (χ4n) is 1.58. The van der Waals surface area contributed by atoms with Crippen LogP contribution >= 0.6 is 0 Å². The molecule has 3 N–H and O–H groups in total. The third kappa shape index (κ3) is 3.40. The molecule has 0 saturated heterocycles. The number of aromatic amines is 1. The average molecular weight is 281 g/mol. The highest BCUT2D eigenvalue weighted by Gasteiger charge is 2.15. The zero-order valence-electron chi connectivity index (χ0n) is 10.4. The average Bonchev–Trinajstić information content (AvgIpc) is 2.90. The number of hydrogen-bond acceptors (Lipinski definition) is 4. The summed E-state index contributed by atoms with van der Waals surface area (Å²) in [6.07, 6.45) is 2.33. The minimum Gasteiger partial charge on any atom is -0.389 e. The SMILES string of the molecule is CC(O)c1cccc(S(=O)(=O)NCc2cnc[nH]2)c1. The lowest BCUT2D eigenvalue weighted by Gasteiger charge is -2.09. The third-order valence-electron chi connectivity index (χ3n) is 2.66. The molecule has 0 radical (unpaired) electrons. The van der Waals surface area contributed by atoms with Gasteiger partial charge in [-0.05, 0) is 24.6 Å². The highest BCUT2D eigenvalue weighted by atomic mass is 32.2. The van der Waals surface area contributed by atoms with Crippen molar-refractivity contribution in [2.24, 2.45) is 0 Å². The van der Waals surface area contributed by atoms with Crippen molar-refractivity contribution in [3.8, 4) is 0 Å². The highest BCUT2D eigenvalue weighted by molar-refractivity contribution is 7.89. The van der Waals surface area contributed by atoms with Crippen LogP contribution in [-0.2, 0) is 16.6 Å². The number of benzene rings is 1. The smallest absolute Gasteiger partial charge is 0.240 e. The number of nitrogens with one attached hydrogen (secondary N) is 2. The Balaban J connectivity index is 2.17. The number of imidazole rings is 1. The topological polar surface area (TPSA) is 95.1 Å². The van der Waals surface area contributed by atoms with Gasteiger partial charge in [0.2, 0.25) is 10.0 Å². The van der Waals surface area contributed by atoms with Gasteiger partial charge >= 0.3 is 0 Å². The van der Waals surface area contributed by atoms with Crippen molar-refractivity contribution in [2.75, 3.05) is 0 Å². The molecule has 1 heterocycles. The first-order chi connectivity index (χ1) is 8.99. The van der Waals surface area contributed by atoms with Gasteiger partial charge in [0.05, 0.1) is 23.9 Å². The van der Waals surface area contributed by atoms with Crippen LogP contribution in [0.25, 0.3) is 0 Å². The van der Waals surface area contributed by atoms with E-state index in [0.29, 0.717) is 11.3 Å². The van der Waals surface area contributed by atoms with Gasteiger partial charge in [-0.25, -0.2) is 18.1 Å². The molecule has 7 heteroatoms. The zero-order chi connectivity index (χ0) is 13.9. The van der Waals surface area contributed by atoms with Gasteiger partial charge in [-0.15, -0.1) is 0 Å². The first kappa shape index (κ1) is 13.7. The fraction of sp³-hybridized carbons (Fsp3) is 0.250. The van der Waals surface area contributed by atoms with Gasteiger partial charge in [0.25, 0.3) is 0 Å². The lowest BCUT2D eigenvalue weighted by atomic mass is 10.1. The van der Waals surface area contributed by atoms with E-state index in [0.717, 1.165) is 0 Å². The second-order valence-corrected chi connectivity index (χ2v) is 5.92. The van der Waals surface area contributed by atoms with Gasteiger partial charge < -0.3 is 10.1 Å². The van der Waals surface area contributed by atoms with Crippen LogP contribution in [0.5, 0.6) is 0 Å². The first-order valence-corrected chi connectivity index (χ1v) is 7.22. The lowest BCUT2D eigenvalue weighted by molar-refractivity contribution is 0.199. The molecule has 6 nitrogen and oxygen atoms in total. The molecule has 1 unspecified atom stereocenters. The maximum atomic E-state index is 12.1. The Morgan fingerprint density at radius 2 is 2.26 bits per heavy atom. The molecule has 0 aliphatic carbocycles. The van der Waals surface area contributed by atoms with Gasteiger partial charge in [-0.1, -0.05) is 12.1 Å². The molecule has 0 aliphatic heterocycles. The lowest BCUT2D eigenvalue weighted by Crippen LogP contribution is -2.23. The molecule has 1 atom stereocenters. The summed E-state index contributed by atoms with van der Waals surface area (Å²) in [7, 11) is -3.60. The Morgan fingerprint density at radius 3 is 2.89 bits per heavy atom. The summed E-state index contributed by atoms with van der Waals surface area (Å²) in [5.41, 5.74) is 1.24. The maximum Gasteiger partial charge on any atom is 0.240 e. The molecule has 102 valence electrons. The van der Waals surface area contributed by atoms with Gasteiger partial charge in [-0.2, -0.15) is 0 Å². The number of sulfonamides is 1. The van der Waals surface area contributed by atoms with E-state index in [-0.39, 0.29) is 11.4 Å². The van der Waals surface area contributed by atoms with E-state index in [4.69, 9.17) is 0 Å². The molecular weight excluding hydrogens is 266 g/mol. The van der Waals surface area contributed by atoms with Gasteiger partial charge in [0, 0.05) is 11.9 Å². The number of aliphatic hydroxyl groups excluding tert-OH is 1. The second-order valence-electron chi connectivity index (χ2n) is 4.15. The summed E-state index contributed by atoms with van der Waals surface area (Å²) in [4.78, 5) is 6.75. The monoisotopic (exact) mass is 281 g/mol. The molecule has 19 heavy (non-hydrogen) atoms. The van der Waals surface area contributed by atoms with Crippen LogP contribution in [0.15, 0.2) is 41.7 Å². The zero-order valence-corrected chi connectivity index (χ0v) is 11.2. The van der Waals surface area contributed by atoms with Crippen LogP contribution in [0.4, 0.5) is 0 Å². The Hall–Kier alpha value is -1.70. The summed E-state index contributed by atoms with van der Waals surface area (Å²) in [6, 6.07) is 6.23. The Labute approximate surface area is 111 Å². The predicted octanol–water partition coefficient (Wildman–Crippen LogP) is 0.942. The van der Waals surface area contributed by atoms with Crippen LogP contribution in [0.1, 0.15) is 24.3 Å². The Bertz CT molecular complexity index is 636. The normalized spacial score (nSPS) is 13.4. The van der Waals surface area contributed by atoms with Gasteiger partial charge in [0.1, 0.15) is 0 Å². The van der Waals surface area contributed by atoms with Crippen molar-refractivity contribution in [1.29, 1.82) is 0 Å². The largest absolute Gasteiger partial charge is 0.389 e. The number of aliphatic hydroxyl groups is 1. The summed E-state index contributed by atoms with van der Waals surface area (Å²) in [6.45, 7) is 1.73. The van der Waals surface area contributed by atoms with E-state index in [1.54, 1.807) is 25.3 Å². The molecule has 0 fully saturated rings. The molecular formula is C12H15N3O3S. The number of rotatable bonds is 5. The standard InChI is InChI=1S/C12H15N3O3S/c1-9(16)10-3-2-4-12(5-10)19(17,18)15-7-11-6-13-8-14-11/h2-6,8-9,15-16H,7H2,1H3,(H,13,14). The molecule has 0 bridgehead atoms. The van der Waals surface area contributed by atoms with Crippen molar-refractivity contribution in [3.05, 3.63) is 48.0 Å². The molecule has 2 rings (SSSR count). The van der Waals surface area contributed by atoms with E-state index >= 15 is 0 Å². The summed E-state index contributed by atoms with van der Waals surface area (Å²) < 4.78 is 26.6. The number of H-pyrrole nitrogens is 1. The third-order valence-corrected chi connectivity index (χ3v) is 4.06. The van der Waals surface area contributed by atoms with Crippen LogP contribution < -0.4 is 4.72 Å². The molecule has 0 aliphatic rings. The van der Waals surface area contributed by atoms with E-state index in [1.807, 2.05) is 0 Å². The Morgan fingerprint density at radius 1 is 1.47 bits per heavy atom. The van der Waals surface area contributed by atoms with Crippen molar-refractivity contribution in [2.45, 2.75) is 24.5 Å². The van der Waals surface area contributed by atoms with Gasteiger partial charge in [-0.3, -0.25) is 0 Å².